The molecule has 0 radical (unpaired) electrons. The minimum absolute atomic E-state index is 0.383. The van der Waals surface area contributed by atoms with Gasteiger partial charge in [-0.05, 0) is 36.6 Å². The molecular weight excluding hydrogens is 298 g/mol. The second-order valence-electron chi connectivity index (χ2n) is 4.95. The molecule has 0 bridgehead atoms. The van der Waals surface area contributed by atoms with Gasteiger partial charge in [0.05, 0.1) is 0 Å². The first kappa shape index (κ1) is 14.3. The maximum absolute atomic E-state index is 3.63. The first-order valence-electron chi connectivity index (χ1n) is 6.68. The van der Waals surface area contributed by atoms with Gasteiger partial charge >= 0.3 is 0 Å². The number of benzene rings is 2. The van der Waals surface area contributed by atoms with Crippen LogP contribution in [0.4, 0.5) is 0 Å². The summed E-state index contributed by atoms with van der Waals surface area (Å²) in [5.41, 5.74) is 2.72. The Morgan fingerprint density at radius 3 is 2.26 bits per heavy atom. The van der Waals surface area contributed by atoms with Crippen LogP contribution < -0.4 is 5.32 Å². The predicted octanol–water partition coefficient (Wildman–Crippen LogP) is 4.59. The van der Waals surface area contributed by atoms with E-state index in [4.69, 9.17) is 0 Å². The number of rotatable bonds is 5. The average molecular weight is 318 g/mol. The fourth-order valence-electron chi connectivity index (χ4n) is 2.57. The van der Waals surface area contributed by atoms with Crippen LogP contribution in [0.25, 0.3) is 0 Å². The van der Waals surface area contributed by atoms with Crippen LogP contribution in [-0.4, -0.2) is 7.05 Å². The van der Waals surface area contributed by atoms with Gasteiger partial charge in [-0.15, -0.1) is 0 Å². The number of hydrogen-bond acceptors (Lipinski definition) is 1. The topological polar surface area (TPSA) is 12.0 Å². The van der Waals surface area contributed by atoms with Crippen molar-refractivity contribution in [2.75, 3.05) is 7.05 Å². The summed E-state index contributed by atoms with van der Waals surface area (Å²) in [6.45, 7) is 2.30. The molecule has 19 heavy (non-hydrogen) atoms. The lowest BCUT2D eigenvalue weighted by molar-refractivity contribution is 0.408. The van der Waals surface area contributed by atoms with Gasteiger partial charge in [0.25, 0.3) is 0 Å². The third-order valence-electron chi connectivity index (χ3n) is 3.54. The molecule has 0 heterocycles. The summed E-state index contributed by atoms with van der Waals surface area (Å²) < 4.78 is 1.20. The van der Waals surface area contributed by atoms with Crippen LogP contribution in [-0.2, 0) is 6.42 Å². The zero-order valence-electron chi connectivity index (χ0n) is 11.4. The molecule has 0 spiro atoms. The molecule has 2 aromatic carbocycles. The Kier molecular flexibility index (Phi) is 5.17. The molecule has 100 valence electrons. The molecule has 0 saturated heterocycles. The highest BCUT2D eigenvalue weighted by Crippen LogP contribution is 2.27. The Morgan fingerprint density at radius 1 is 1.00 bits per heavy atom. The Bertz CT molecular complexity index is 510. The van der Waals surface area contributed by atoms with Gasteiger partial charge in [0.2, 0.25) is 0 Å². The van der Waals surface area contributed by atoms with E-state index in [2.05, 4.69) is 82.8 Å². The second kappa shape index (κ2) is 6.88. The molecular formula is C17H20BrN. The molecule has 0 fully saturated rings. The normalized spacial score (nSPS) is 14.1. The van der Waals surface area contributed by atoms with Crippen LogP contribution in [0, 0.1) is 5.92 Å². The first-order chi connectivity index (χ1) is 9.22. The van der Waals surface area contributed by atoms with Gasteiger partial charge < -0.3 is 5.32 Å². The summed E-state index contributed by atoms with van der Waals surface area (Å²) in [6.07, 6.45) is 1.06. The van der Waals surface area contributed by atoms with Crippen LogP contribution in [0.2, 0.25) is 0 Å². The smallest absolute Gasteiger partial charge is 0.0346 e. The molecule has 0 amide bonds. The van der Waals surface area contributed by atoms with Gasteiger partial charge in [0, 0.05) is 10.5 Å². The Hall–Kier alpha value is -1.12. The van der Waals surface area contributed by atoms with Crippen LogP contribution in [0.3, 0.4) is 0 Å². The monoisotopic (exact) mass is 317 g/mol. The summed E-state index contributed by atoms with van der Waals surface area (Å²) in [6, 6.07) is 19.5. The van der Waals surface area contributed by atoms with Gasteiger partial charge in [-0.2, -0.15) is 0 Å². The molecule has 1 nitrogen and oxygen atoms in total. The van der Waals surface area contributed by atoms with E-state index in [1.54, 1.807) is 0 Å². The van der Waals surface area contributed by atoms with Crippen molar-refractivity contribution in [1.82, 2.24) is 5.32 Å². The van der Waals surface area contributed by atoms with Gasteiger partial charge in [-0.1, -0.05) is 71.4 Å². The minimum atomic E-state index is 0.383. The maximum atomic E-state index is 3.63. The Labute approximate surface area is 124 Å². The number of hydrogen-bond donors (Lipinski definition) is 1. The molecule has 2 aromatic rings. The molecule has 2 unspecified atom stereocenters. The van der Waals surface area contributed by atoms with Gasteiger partial charge in [0.1, 0.15) is 0 Å². The van der Waals surface area contributed by atoms with Crippen molar-refractivity contribution in [1.29, 1.82) is 0 Å². The lowest BCUT2D eigenvalue weighted by Gasteiger charge is -2.24. The summed E-state index contributed by atoms with van der Waals surface area (Å²) in [5.74, 6) is 0.533. The second-order valence-corrected chi connectivity index (χ2v) is 5.80. The highest BCUT2D eigenvalue weighted by Gasteiger charge is 2.18. The zero-order chi connectivity index (χ0) is 13.7. The van der Waals surface area contributed by atoms with Crippen molar-refractivity contribution in [2.24, 2.45) is 5.92 Å². The molecule has 2 rings (SSSR count). The van der Waals surface area contributed by atoms with Crippen LogP contribution in [0.5, 0.6) is 0 Å². The highest BCUT2D eigenvalue weighted by atomic mass is 79.9. The fourth-order valence-corrected chi connectivity index (χ4v) is 3.02. The van der Waals surface area contributed by atoms with Crippen LogP contribution >= 0.6 is 15.9 Å². The number of halogens is 1. The van der Waals surface area contributed by atoms with Crippen molar-refractivity contribution in [3.63, 3.8) is 0 Å². The molecule has 0 aliphatic rings. The molecule has 2 atom stereocenters. The minimum Gasteiger partial charge on any atom is -0.313 e. The average Bonchev–Trinajstić information content (AvgIpc) is 2.43. The van der Waals surface area contributed by atoms with E-state index in [-0.39, 0.29) is 0 Å². The summed E-state index contributed by atoms with van der Waals surface area (Å²) in [5, 5.41) is 3.44. The maximum Gasteiger partial charge on any atom is 0.0346 e. The lowest BCUT2D eigenvalue weighted by Crippen LogP contribution is -2.24. The van der Waals surface area contributed by atoms with Gasteiger partial charge in [-0.25, -0.2) is 0 Å². The van der Waals surface area contributed by atoms with E-state index in [0.29, 0.717) is 12.0 Å². The zero-order valence-corrected chi connectivity index (χ0v) is 13.0. The SMILES string of the molecule is CNC(c1ccccc1)C(C)Cc1ccccc1Br. The van der Waals surface area contributed by atoms with Crippen molar-refractivity contribution < 1.29 is 0 Å². The molecule has 0 aliphatic carbocycles. The highest BCUT2D eigenvalue weighted by molar-refractivity contribution is 9.10. The van der Waals surface area contributed by atoms with Crippen molar-refractivity contribution >= 4 is 15.9 Å². The lowest BCUT2D eigenvalue weighted by atomic mass is 9.89. The molecule has 0 saturated carbocycles. The van der Waals surface area contributed by atoms with E-state index in [1.807, 2.05) is 7.05 Å². The van der Waals surface area contributed by atoms with Gasteiger partial charge in [-0.3, -0.25) is 0 Å². The summed E-state index contributed by atoms with van der Waals surface area (Å²) in [7, 11) is 2.04. The Morgan fingerprint density at radius 2 is 1.63 bits per heavy atom. The van der Waals surface area contributed by atoms with E-state index in [1.165, 1.54) is 15.6 Å². The van der Waals surface area contributed by atoms with E-state index in [0.717, 1.165) is 6.42 Å². The van der Waals surface area contributed by atoms with Gasteiger partial charge in [0.15, 0.2) is 0 Å². The molecule has 0 aliphatic heterocycles. The standard InChI is InChI=1S/C17H20BrN/c1-13(12-15-10-6-7-11-16(15)18)17(19-2)14-8-4-3-5-9-14/h3-11,13,17,19H,12H2,1-2H3. The predicted molar refractivity (Wildman–Crippen MR) is 85.3 cm³/mol. The van der Waals surface area contributed by atoms with E-state index in [9.17, 15) is 0 Å². The summed E-state index contributed by atoms with van der Waals surface area (Å²) in [4.78, 5) is 0. The largest absolute Gasteiger partial charge is 0.313 e. The van der Waals surface area contributed by atoms with Crippen molar-refractivity contribution in [3.8, 4) is 0 Å². The quantitative estimate of drug-likeness (QED) is 0.850. The fraction of sp³-hybridized carbons (Fsp3) is 0.294. The van der Waals surface area contributed by atoms with Crippen LogP contribution in [0.15, 0.2) is 59.1 Å². The molecule has 0 aromatic heterocycles. The number of nitrogens with one attached hydrogen (secondary N) is 1. The third kappa shape index (κ3) is 3.68. The van der Waals surface area contributed by atoms with Crippen molar-refractivity contribution in [3.05, 3.63) is 70.2 Å². The van der Waals surface area contributed by atoms with Crippen LogP contribution in [0.1, 0.15) is 24.1 Å². The molecule has 1 N–H and O–H groups in total. The van der Waals surface area contributed by atoms with E-state index >= 15 is 0 Å². The summed E-state index contributed by atoms with van der Waals surface area (Å²) >= 11 is 3.63. The van der Waals surface area contributed by atoms with E-state index < -0.39 is 0 Å². The van der Waals surface area contributed by atoms with Crippen molar-refractivity contribution in [2.45, 2.75) is 19.4 Å². The first-order valence-corrected chi connectivity index (χ1v) is 7.47. The molecule has 2 heteroatoms. The third-order valence-corrected chi connectivity index (χ3v) is 4.31. The Balaban J connectivity index is 2.14.